The molecule has 0 fully saturated rings. The topological polar surface area (TPSA) is 58.2 Å². The molecule has 3 rings (SSSR count). The minimum Gasteiger partial charge on any atom is -0.322 e. The Balaban J connectivity index is 1.83. The van der Waals surface area contributed by atoms with Crippen LogP contribution in [0, 0.1) is 18.6 Å². The van der Waals surface area contributed by atoms with Gasteiger partial charge in [-0.05, 0) is 48.9 Å². The molecule has 0 aliphatic heterocycles. The van der Waals surface area contributed by atoms with Crippen molar-refractivity contribution in [3.05, 3.63) is 95.1 Å². The van der Waals surface area contributed by atoms with Crippen LogP contribution in [0.2, 0.25) is 0 Å². The first kappa shape index (κ1) is 18.3. The van der Waals surface area contributed by atoms with E-state index in [1.165, 1.54) is 0 Å². The molecule has 3 aromatic carbocycles. The lowest BCUT2D eigenvalue weighted by Gasteiger charge is -2.12. The first-order chi connectivity index (χ1) is 12.9. The molecule has 0 bridgehead atoms. The largest absolute Gasteiger partial charge is 0.322 e. The van der Waals surface area contributed by atoms with Crippen LogP contribution in [0.5, 0.6) is 0 Å². The van der Waals surface area contributed by atoms with Crippen molar-refractivity contribution in [1.29, 1.82) is 0 Å². The predicted octanol–water partition coefficient (Wildman–Crippen LogP) is 4.78. The quantitative estimate of drug-likeness (QED) is 0.698. The van der Waals surface area contributed by atoms with Crippen LogP contribution in [-0.4, -0.2) is 11.8 Å². The van der Waals surface area contributed by atoms with E-state index in [0.29, 0.717) is 11.8 Å². The second-order valence-corrected chi connectivity index (χ2v) is 5.98. The summed E-state index contributed by atoms with van der Waals surface area (Å²) in [6, 6.07) is 16.2. The van der Waals surface area contributed by atoms with Gasteiger partial charge in [0.15, 0.2) is 0 Å². The molecule has 2 N–H and O–H groups in total. The highest BCUT2D eigenvalue weighted by Crippen LogP contribution is 2.19. The second kappa shape index (κ2) is 7.78. The summed E-state index contributed by atoms with van der Waals surface area (Å²) >= 11 is 0. The third kappa shape index (κ3) is 4.55. The fourth-order valence-corrected chi connectivity index (χ4v) is 2.59. The third-order valence-corrected chi connectivity index (χ3v) is 3.82. The minimum absolute atomic E-state index is 0.179. The van der Waals surface area contributed by atoms with Crippen molar-refractivity contribution in [3.8, 4) is 0 Å². The summed E-state index contributed by atoms with van der Waals surface area (Å²) in [4.78, 5) is 24.9. The fraction of sp³-hybridized carbons (Fsp3) is 0.0476. The van der Waals surface area contributed by atoms with E-state index < -0.39 is 23.4 Å². The maximum Gasteiger partial charge on any atom is 0.257 e. The van der Waals surface area contributed by atoms with Gasteiger partial charge in [-0.3, -0.25) is 9.59 Å². The van der Waals surface area contributed by atoms with Crippen molar-refractivity contribution in [3.63, 3.8) is 0 Å². The number of amides is 2. The molecule has 0 spiro atoms. The van der Waals surface area contributed by atoms with Crippen LogP contribution in [0.3, 0.4) is 0 Å². The second-order valence-electron chi connectivity index (χ2n) is 5.98. The summed E-state index contributed by atoms with van der Waals surface area (Å²) < 4.78 is 26.7. The Hall–Kier alpha value is -3.54. The Morgan fingerprint density at radius 1 is 0.778 bits per heavy atom. The maximum absolute atomic E-state index is 13.3. The Morgan fingerprint density at radius 2 is 1.48 bits per heavy atom. The highest BCUT2D eigenvalue weighted by Gasteiger charge is 2.15. The number of hydrogen-bond donors (Lipinski definition) is 2. The van der Waals surface area contributed by atoms with Crippen LogP contribution in [0.4, 0.5) is 20.2 Å². The Kier molecular flexibility index (Phi) is 5.26. The molecule has 3 aromatic rings. The van der Waals surface area contributed by atoms with E-state index in [-0.39, 0.29) is 16.8 Å². The van der Waals surface area contributed by atoms with Gasteiger partial charge < -0.3 is 10.6 Å². The van der Waals surface area contributed by atoms with Crippen LogP contribution >= 0.6 is 0 Å². The SMILES string of the molecule is Cc1cccc(NC(=O)c2ccccc2NC(=O)c2cc(F)cc(F)c2)c1. The number of carbonyl (C=O) groups excluding carboxylic acids is 2. The Morgan fingerprint density at radius 3 is 2.19 bits per heavy atom. The lowest BCUT2D eigenvalue weighted by molar-refractivity contribution is 0.102. The van der Waals surface area contributed by atoms with Crippen molar-refractivity contribution < 1.29 is 18.4 Å². The number of rotatable bonds is 4. The molecule has 6 heteroatoms. The number of halogens is 2. The molecule has 0 aliphatic rings. The van der Waals surface area contributed by atoms with E-state index >= 15 is 0 Å². The van der Waals surface area contributed by atoms with Crippen molar-refractivity contribution >= 4 is 23.2 Å². The number of benzene rings is 3. The maximum atomic E-state index is 13.3. The molecule has 0 atom stereocenters. The summed E-state index contributed by atoms with van der Waals surface area (Å²) in [5, 5.41) is 5.29. The summed E-state index contributed by atoms with van der Waals surface area (Å²) in [6.07, 6.45) is 0. The molecule has 0 heterocycles. The number of hydrogen-bond acceptors (Lipinski definition) is 2. The van der Waals surface area contributed by atoms with E-state index in [4.69, 9.17) is 0 Å². The van der Waals surface area contributed by atoms with Gasteiger partial charge >= 0.3 is 0 Å². The molecule has 0 saturated carbocycles. The molecular formula is C21H16F2N2O2. The highest BCUT2D eigenvalue weighted by atomic mass is 19.1. The van der Waals surface area contributed by atoms with Gasteiger partial charge in [0, 0.05) is 17.3 Å². The molecule has 0 aromatic heterocycles. The lowest BCUT2D eigenvalue weighted by atomic mass is 10.1. The van der Waals surface area contributed by atoms with Gasteiger partial charge in [-0.1, -0.05) is 24.3 Å². The standard InChI is InChI=1S/C21H16F2N2O2/c1-13-5-4-6-17(9-13)24-21(27)18-7-2-3-8-19(18)25-20(26)14-10-15(22)12-16(23)11-14/h2-12H,1H3,(H,24,27)(H,25,26). The zero-order chi connectivity index (χ0) is 19.4. The zero-order valence-corrected chi connectivity index (χ0v) is 14.4. The molecule has 136 valence electrons. The van der Waals surface area contributed by atoms with E-state index in [1.807, 2.05) is 25.1 Å². The van der Waals surface area contributed by atoms with Gasteiger partial charge in [0.1, 0.15) is 11.6 Å². The smallest absolute Gasteiger partial charge is 0.257 e. The molecule has 0 saturated heterocycles. The van der Waals surface area contributed by atoms with Crippen LogP contribution in [-0.2, 0) is 0 Å². The third-order valence-electron chi connectivity index (χ3n) is 3.82. The van der Waals surface area contributed by atoms with Crippen LogP contribution in [0.15, 0.2) is 66.7 Å². The Labute approximate surface area is 154 Å². The molecule has 0 radical (unpaired) electrons. The summed E-state index contributed by atoms with van der Waals surface area (Å²) in [5.41, 5.74) is 1.89. The number of carbonyl (C=O) groups is 2. The van der Waals surface area contributed by atoms with Crippen LogP contribution in [0.25, 0.3) is 0 Å². The van der Waals surface area contributed by atoms with Gasteiger partial charge in [0.25, 0.3) is 11.8 Å². The van der Waals surface area contributed by atoms with E-state index in [1.54, 1.807) is 30.3 Å². The van der Waals surface area contributed by atoms with Crippen molar-refractivity contribution in [2.75, 3.05) is 10.6 Å². The molecule has 27 heavy (non-hydrogen) atoms. The van der Waals surface area contributed by atoms with Crippen LogP contribution < -0.4 is 10.6 Å². The molecular weight excluding hydrogens is 350 g/mol. The number of anilines is 2. The highest BCUT2D eigenvalue weighted by molar-refractivity contribution is 6.12. The van der Waals surface area contributed by atoms with Crippen molar-refractivity contribution in [2.24, 2.45) is 0 Å². The minimum atomic E-state index is -0.856. The number of para-hydroxylation sites is 1. The van der Waals surface area contributed by atoms with Gasteiger partial charge in [0.05, 0.1) is 11.3 Å². The van der Waals surface area contributed by atoms with Crippen molar-refractivity contribution in [1.82, 2.24) is 0 Å². The fourth-order valence-electron chi connectivity index (χ4n) is 2.59. The molecule has 2 amide bonds. The number of aryl methyl sites for hydroxylation is 1. The summed E-state index contributed by atoms with van der Waals surface area (Å²) in [7, 11) is 0. The van der Waals surface area contributed by atoms with Gasteiger partial charge in [-0.15, -0.1) is 0 Å². The summed E-state index contributed by atoms with van der Waals surface area (Å²) in [5.74, 6) is -2.85. The average molecular weight is 366 g/mol. The van der Waals surface area contributed by atoms with E-state index in [2.05, 4.69) is 10.6 Å². The van der Waals surface area contributed by atoms with Crippen LogP contribution in [0.1, 0.15) is 26.3 Å². The van der Waals surface area contributed by atoms with Gasteiger partial charge in [0.2, 0.25) is 0 Å². The zero-order valence-electron chi connectivity index (χ0n) is 14.4. The van der Waals surface area contributed by atoms with Crippen molar-refractivity contribution in [2.45, 2.75) is 6.92 Å². The average Bonchev–Trinajstić information content (AvgIpc) is 2.61. The van der Waals surface area contributed by atoms with E-state index in [9.17, 15) is 18.4 Å². The normalized spacial score (nSPS) is 10.3. The lowest BCUT2D eigenvalue weighted by Crippen LogP contribution is -2.18. The first-order valence-electron chi connectivity index (χ1n) is 8.17. The molecule has 0 unspecified atom stereocenters. The van der Waals surface area contributed by atoms with E-state index in [0.717, 1.165) is 17.7 Å². The van der Waals surface area contributed by atoms with Gasteiger partial charge in [-0.25, -0.2) is 8.78 Å². The molecule has 4 nitrogen and oxygen atoms in total. The Bertz CT molecular complexity index is 998. The summed E-state index contributed by atoms with van der Waals surface area (Å²) in [6.45, 7) is 1.90. The number of nitrogens with one attached hydrogen (secondary N) is 2. The molecule has 0 aliphatic carbocycles. The van der Waals surface area contributed by atoms with Gasteiger partial charge in [-0.2, -0.15) is 0 Å². The monoisotopic (exact) mass is 366 g/mol. The predicted molar refractivity (Wildman–Crippen MR) is 99.9 cm³/mol. The first-order valence-corrected chi connectivity index (χ1v) is 8.17.